The van der Waals surface area contributed by atoms with E-state index in [9.17, 15) is 19.8 Å². The van der Waals surface area contributed by atoms with Crippen LogP contribution in [0.5, 0.6) is 0 Å². The summed E-state index contributed by atoms with van der Waals surface area (Å²) in [6.07, 6.45) is -1.95. The summed E-state index contributed by atoms with van der Waals surface area (Å²) in [6, 6.07) is -0.805. The second-order valence-corrected chi connectivity index (χ2v) is 6.57. The Bertz CT molecular complexity index is 541. The number of carbonyl (C=O) groups is 2. The number of carbonyl (C=O) groups excluding carboxylic acids is 2. The summed E-state index contributed by atoms with van der Waals surface area (Å²) < 4.78 is 10.3. The van der Waals surface area contributed by atoms with E-state index in [2.05, 4.69) is 5.32 Å². The van der Waals surface area contributed by atoms with E-state index in [1.165, 1.54) is 12.3 Å². The van der Waals surface area contributed by atoms with Crippen LogP contribution in [0.25, 0.3) is 0 Å². The molecule has 0 saturated carbocycles. The van der Waals surface area contributed by atoms with E-state index in [1.54, 1.807) is 0 Å². The van der Waals surface area contributed by atoms with E-state index >= 15 is 0 Å². The Labute approximate surface area is 145 Å². The molecule has 0 aliphatic carbocycles. The van der Waals surface area contributed by atoms with Crippen LogP contribution in [0.4, 0.5) is 4.79 Å². The third-order valence-corrected chi connectivity index (χ3v) is 4.10. The van der Waals surface area contributed by atoms with E-state index in [4.69, 9.17) is 20.3 Å². The van der Waals surface area contributed by atoms with Crippen LogP contribution >= 0.6 is 0 Å². The van der Waals surface area contributed by atoms with Gasteiger partial charge in [0, 0.05) is 6.20 Å². The molecule has 10 heteroatoms. The van der Waals surface area contributed by atoms with Gasteiger partial charge in [0.1, 0.15) is 18.3 Å². The largest absolute Gasteiger partial charge is 0.463 e. The second-order valence-electron chi connectivity index (χ2n) is 6.57. The Kier molecular flexibility index (Phi) is 6.01. The molecule has 0 radical (unpaired) electrons. The van der Waals surface area contributed by atoms with Crippen molar-refractivity contribution in [1.82, 2.24) is 10.2 Å². The number of esters is 1. The van der Waals surface area contributed by atoms with Gasteiger partial charge in [0.15, 0.2) is 6.23 Å². The zero-order chi connectivity index (χ0) is 18.8. The fraction of sp³-hybridized carbons (Fsp3) is 0.733. The van der Waals surface area contributed by atoms with Crippen LogP contribution in [0, 0.1) is 5.92 Å². The number of nitrogens with zero attached hydrogens (tertiary/aromatic N) is 1. The zero-order valence-corrected chi connectivity index (χ0v) is 14.2. The number of ether oxygens (including phenoxy) is 2. The number of urea groups is 1. The van der Waals surface area contributed by atoms with Crippen LogP contribution in [-0.2, 0) is 14.3 Å². The quantitative estimate of drug-likeness (QED) is 0.348. The smallest absolute Gasteiger partial charge is 0.351 e. The zero-order valence-electron chi connectivity index (χ0n) is 14.2. The van der Waals surface area contributed by atoms with Gasteiger partial charge >= 0.3 is 12.0 Å². The predicted molar refractivity (Wildman–Crippen MR) is 84.6 cm³/mol. The lowest BCUT2D eigenvalue weighted by Gasteiger charge is -2.36. The van der Waals surface area contributed by atoms with Crippen LogP contribution < -0.4 is 11.1 Å². The SMILES string of the molecule is CC(C)CCOC(=O)C1(N)C=CN([C@@H]2O[C@H](CO)[C@@H](O)[C@H]2O)C(=O)N1. The summed E-state index contributed by atoms with van der Waals surface area (Å²) in [7, 11) is 0. The molecule has 2 aliphatic heterocycles. The number of nitrogens with two attached hydrogens (primary N) is 1. The Morgan fingerprint density at radius 3 is 2.68 bits per heavy atom. The summed E-state index contributed by atoms with van der Waals surface area (Å²) in [5.41, 5.74) is 4.04. The molecule has 142 valence electrons. The molecule has 6 N–H and O–H groups in total. The van der Waals surface area contributed by atoms with Gasteiger partial charge in [0.25, 0.3) is 0 Å². The van der Waals surface area contributed by atoms with Gasteiger partial charge in [-0.2, -0.15) is 0 Å². The molecule has 25 heavy (non-hydrogen) atoms. The maximum absolute atomic E-state index is 12.3. The minimum absolute atomic E-state index is 0.178. The number of aliphatic hydroxyl groups excluding tert-OH is 3. The second kappa shape index (κ2) is 7.67. The van der Waals surface area contributed by atoms with Gasteiger partial charge in [-0.05, 0) is 18.4 Å². The first kappa shape index (κ1) is 19.6. The molecule has 1 saturated heterocycles. The summed E-state index contributed by atoms with van der Waals surface area (Å²) in [6.45, 7) is 3.62. The molecule has 10 nitrogen and oxygen atoms in total. The van der Waals surface area contributed by atoms with Crippen molar-refractivity contribution in [3.63, 3.8) is 0 Å². The summed E-state index contributed by atoms with van der Waals surface area (Å²) >= 11 is 0. The Morgan fingerprint density at radius 2 is 2.16 bits per heavy atom. The maximum atomic E-state index is 12.3. The van der Waals surface area contributed by atoms with Gasteiger partial charge in [-0.1, -0.05) is 13.8 Å². The average Bonchev–Trinajstić information content (AvgIpc) is 2.82. The standard InChI is InChI=1S/C15H25N3O7/c1-8(2)3-6-24-13(22)15(16)4-5-18(14(23)17-15)12-11(21)10(20)9(7-19)25-12/h4-5,8-12,19-21H,3,6-7,16H2,1-2H3,(H,17,23)/t9-,10-,11-,12-,15?/m1/s1. The third kappa shape index (κ3) is 4.10. The van der Waals surface area contributed by atoms with Crippen molar-refractivity contribution in [2.75, 3.05) is 13.2 Å². The van der Waals surface area contributed by atoms with E-state index in [0.717, 1.165) is 4.90 Å². The van der Waals surface area contributed by atoms with Crippen molar-refractivity contribution < 1.29 is 34.4 Å². The van der Waals surface area contributed by atoms with E-state index in [1.807, 2.05) is 13.8 Å². The van der Waals surface area contributed by atoms with Crippen molar-refractivity contribution in [3.05, 3.63) is 12.3 Å². The highest BCUT2D eigenvalue weighted by Crippen LogP contribution is 2.26. The first-order valence-corrected chi connectivity index (χ1v) is 8.08. The van der Waals surface area contributed by atoms with E-state index in [-0.39, 0.29) is 6.61 Å². The van der Waals surface area contributed by atoms with Crippen LogP contribution in [0.3, 0.4) is 0 Å². The molecular formula is C15H25N3O7. The van der Waals surface area contributed by atoms with Gasteiger partial charge < -0.3 is 30.1 Å². The molecule has 0 spiro atoms. The first-order valence-electron chi connectivity index (χ1n) is 8.08. The molecule has 2 amide bonds. The Morgan fingerprint density at radius 1 is 1.48 bits per heavy atom. The lowest BCUT2D eigenvalue weighted by Crippen LogP contribution is -2.66. The summed E-state index contributed by atoms with van der Waals surface area (Å²) in [5, 5.41) is 31.1. The van der Waals surface area contributed by atoms with Gasteiger partial charge in [0.2, 0.25) is 5.66 Å². The highest BCUT2D eigenvalue weighted by molar-refractivity contribution is 5.90. The maximum Gasteiger partial charge on any atom is 0.351 e. The van der Waals surface area contributed by atoms with Crippen molar-refractivity contribution in [3.8, 4) is 0 Å². The van der Waals surface area contributed by atoms with Crippen LogP contribution in [0.2, 0.25) is 0 Å². The number of rotatable bonds is 6. The van der Waals surface area contributed by atoms with Crippen LogP contribution in [-0.4, -0.2) is 75.6 Å². The van der Waals surface area contributed by atoms with Gasteiger partial charge in [-0.15, -0.1) is 0 Å². The highest BCUT2D eigenvalue weighted by Gasteiger charge is 2.49. The summed E-state index contributed by atoms with van der Waals surface area (Å²) in [5.74, 6) is -0.459. The molecule has 1 unspecified atom stereocenters. The molecule has 0 aromatic heterocycles. The fourth-order valence-electron chi connectivity index (χ4n) is 2.48. The lowest BCUT2D eigenvalue weighted by atomic mass is 10.1. The van der Waals surface area contributed by atoms with Crippen molar-refractivity contribution in [2.24, 2.45) is 11.7 Å². The molecule has 0 aromatic rings. The normalized spacial score (nSPS) is 35.2. The fourth-order valence-corrected chi connectivity index (χ4v) is 2.48. The van der Waals surface area contributed by atoms with Crippen LogP contribution in [0.15, 0.2) is 12.3 Å². The Balaban J connectivity index is 2.04. The molecule has 2 aliphatic rings. The molecule has 0 bridgehead atoms. The molecule has 1 fully saturated rings. The monoisotopic (exact) mass is 359 g/mol. The topological polar surface area (TPSA) is 155 Å². The van der Waals surface area contributed by atoms with Gasteiger partial charge in [0.05, 0.1) is 13.2 Å². The molecule has 2 heterocycles. The predicted octanol–water partition coefficient (Wildman–Crippen LogP) is -1.79. The lowest BCUT2D eigenvalue weighted by molar-refractivity contribution is -0.150. The summed E-state index contributed by atoms with van der Waals surface area (Å²) in [4.78, 5) is 25.3. The molecule has 0 aromatic carbocycles. The van der Waals surface area contributed by atoms with Crippen LogP contribution in [0.1, 0.15) is 20.3 Å². The number of amides is 2. The van der Waals surface area contributed by atoms with E-state index in [0.29, 0.717) is 12.3 Å². The third-order valence-electron chi connectivity index (χ3n) is 4.10. The van der Waals surface area contributed by atoms with Gasteiger partial charge in [-0.3, -0.25) is 10.6 Å². The average molecular weight is 359 g/mol. The number of hydrogen-bond donors (Lipinski definition) is 5. The molecular weight excluding hydrogens is 334 g/mol. The Hall–Kier alpha value is -1.72. The van der Waals surface area contributed by atoms with Crippen molar-refractivity contribution >= 4 is 12.0 Å². The molecule has 2 rings (SSSR count). The van der Waals surface area contributed by atoms with Crippen molar-refractivity contribution in [1.29, 1.82) is 0 Å². The highest BCUT2D eigenvalue weighted by atomic mass is 16.6. The molecule has 5 atom stereocenters. The first-order chi connectivity index (χ1) is 11.7. The number of aliphatic hydroxyl groups is 3. The van der Waals surface area contributed by atoms with Gasteiger partial charge in [-0.25, -0.2) is 9.59 Å². The van der Waals surface area contributed by atoms with E-state index < -0.39 is 48.8 Å². The number of hydrogen-bond acceptors (Lipinski definition) is 8. The van der Waals surface area contributed by atoms with Crippen molar-refractivity contribution in [2.45, 2.75) is 50.5 Å². The number of nitrogens with one attached hydrogen (secondary N) is 1. The minimum atomic E-state index is -1.83. The minimum Gasteiger partial charge on any atom is -0.463 e.